The van der Waals surface area contributed by atoms with Crippen LogP contribution in [0.4, 0.5) is 8.78 Å². The van der Waals surface area contributed by atoms with E-state index in [2.05, 4.69) is 5.32 Å². The van der Waals surface area contributed by atoms with Gasteiger partial charge in [-0.15, -0.1) is 12.4 Å². The Bertz CT molecular complexity index is 738. The summed E-state index contributed by atoms with van der Waals surface area (Å²) >= 11 is 0. The number of hydrogen-bond acceptors (Lipinski definition) is 2. The van der Waals surface area contributed by atoms with Gasteiger partial charge in [0.25, 0.3) is 0 Å². The second-order valence-corrected chi connectivity index (χ2v) is 5.00. The van der Waals surface area contributed by atoms with Crippen LogP contribution in [0.25, 0.3) is 11.3 Å². The van der Waals surface area contributed by atoms with Gasteiger partial charge in [0.15, 0.2) is 0 Å². The molecule has 3 rings (SSSR count). The maximum Gasteiger partial charge on any atom is 0.134 e. The molecule has 0 aliphatic heterocycles. The summed E-state index contributed by atoms with van der Waals surface area (Å²) in [5, 5.41) is 3.24. The first-order valence-electron chi connectivity index (χ1n) is 7.00. The van der Waals surface area contributed by atoms with Crippen molar-refractivity contribution in [2.45, 2.75) is 13.1 Å². The summed E-state index contributed by atoms with van der Waals surface area (Å²) in [4.78, 5) is 0. The molecule has 2 aromatic carbocycles. The first kappa shape index (κ1) is 17.2. The third kappa shape index (κ3) is 4.65. The largest absolute Gasteiger partial charge is 0.460 e. The van der Waals surface area contributed by atoms with Gasteiger partial charge in [0.1, 0.15) is 23.2 Å². The lowest BCUT2D eigenvalue weighted by atomic mass is 10.2. The fraction of sp³-hybridized carbons (Fsp3) is 0.111. The summed E-state index contributed by atoms with van der Waals surface area (Å²) in [5.41, 5.74) is 1.85. The summed E-state index contributed by atoms with van der Waals surface area (Å²) in [6.07, 6.45) is 0. The average molecular weight is 336 g/mol. The van der Waals surface area contributed by atoms with E-state index in [1.165, 1.54) is 24.3 Å². The van der Waals surface area contributed by atoms with Crippen LogP contribution in [0.2, 0.25) is 0 Å². The number of furan rings is 1. The van der Waals surface area contributed by atoms with Crippen LogP contribution in [0.1, 0.15) is 11.3 Å². The highest BCUT2D eigenvalue weighted by Crippen LogP contribution is 2.22. The van der Waals surface area contributed by atoms with Crippen molar-refractivity contribution in [1.29, 1.82) is 0 Å². The molecule has 0 aliphatic rings. The van der Waals surface area contributed by atoms with Crippen LogP contribution in [0.5, 0.6) is 0 Å². The molecule has 5 heteroatoms. The van der Waals surface area contributed by atoms with Crippen molar-refractivity contribution in [2.24, 2.45) is 0 Å². The molecular weight excluding hydrogens is 320 g/mol. The van der Waals surface area contributed by atoms with Crippen LogP contribution in [0, 0.1) is 11.6 Å². The first-order valence-corrected chi connectivity index (χ1v) is 7.00. The van der Waals surface area contributed by atoms with E-state index in [-0.39, 0.29) is 24.0 Å². The molecule has 0 bridgehead atoms. The Kier molecular flexibility index (Phi) is 5.90. The van der Waals surface area contributed by atoms with Gasteiger partial charge >= 0.3 is 0 Å². The van der Waals surface area contributed by atoms with Crippen molar-refractivity contribution in [1.82, 2.24) is 5.32 Å². The molecule has 3 aromatic rings. The molecule has 0 spiro atoms. The van der Waals surface area contributed by atoms with Crippen molar-refractivity contribution in [2.75, 3.05) is 0 Å². The fourth-order valence-electron chi connectivity index (χ4n) is 2.17. The molecule has 0 aliphatic carbocycles. The maximum atomic E-state index is 12.9. The summed E-state index contributed by atoms with van der Waals surface area (Å²) in [7, 11) is 0. The summed E-state index contributed by atoms with van der Waals surface area (Å²) in [6, 6.07) is 16.3. The second-order valence-electron chi connectivity index (χ2n) is 5.00. The van der Waals surface area contributed by atoms with Gasteiger partial charge in [0.2, 0.25) is 0 Å². The van der Waals surface area contributed by atoms with Gasteiger partial charge in [0.05, 0.1) is 6.54 Å². The Hall–Kier alpha value is -2.17. The lowest BCUT2D eigenvalue weighted by molar-refractivity contribution is 0.493. The lowest BCUT2D eigenvalue weighted by Crippen LogP contribution is -2.11. The molecule has 0 atom stereocenters. The smallest absolute Gasteiger partial charge is 0.134 e. The molecule has 0 fully saturated rings. The number of benzene rings is 2. The predicted molar refractivity (Wildman–Crippen MR) is 88.3 cm³/mol. The normalized spacial score (nSPS) is 10.3. The molecule has 2 nitrogen and oxygen atoms in total. The Labute approximate surface area is 139 Å². The van der Waals surface area contributed by atoms with E-state index in [1.54, 1.807) is 24.3 Å². The van der Waals surface area contributed by atoms with Crippen molar-refractivity contribution < 1.29 is 13.2 Å². The van der Waals surface area contributed by atoms with E-state index in [9.17, 15) is 8.78 Å². The third-order valence-corrected chi connectivity index (χ3v) is 3.33. The minimum atomic E-state index is -0.267. The molecule has 1 N–H and O–H groups in total. The molecule has 1 heterocycles. The number of nitrogens with one attached hydrogen (secondary N) is 1. The fourth-order valence-corrected chi connectivity index (χ4v) is 2.17. The number of hydrogen-bond donors (Lipinski definition) is 1. The van der Waals surface area contributed by atoms with E-state index in [4.69, 9.17) is 4.42 Å². The highest BCUT2D eigenvalue weighted by Gasteiger charge is 2.05. The topological polar surface area (TPSA) is 25.2 Å². The highest BCUT2D eigenvalue weighted by molar-refractivity contribution is 5.85. The van der Waals surface area contributed by atoms with Crippen LogP contribution < -0.4 is 5.32 Å². The number of halogens is 3. The summed E-state index contributed by atoms with van der Waals surface area (Å²) in [6.45, 7) is 1.20. The van der Waals surface area contributed by atoms with Crippen molar-refractivity contribution in [3.63, 3.8) is 0 Å². The van der Waals surface area contributed by atoms with Gasteiger partial charge < -0.3 is 9.73 Å². The van der Waals surface area contributed by atoms with E-state index in [0.29, 0.717) is 18.8 Å². The van der Waals surface area contributed by atoms with Gasteiger partial charge in [-0.05, 0) is 54.1 Å². The van der Waals surface area contributed by atoms with Crippen molar-refractivity contribution >= 4 is 12.4 Å². The van der Waals surface area contributed by atoms with Gasteiger partial charge in [-0.2, -0.15) is 0 Å². The van der Waals surface area contributed by atoms with Gasteiger partial charge in [-0.25, -0.2) is 8.78 Å². The monoisotopic (exact) mass is 335 g/mol. The average Bonchev–Trinajstić information content (AvgIpc) is 2.99. The second kappa shape index (κ2) is 7.90. The molecule has 1 aromatic heterocycles. The maximum absolute atomic E-state index is 12.9. The lowest BCUT2D eigenvalue weighted by Gasteiger charge is -2.03. The van der Waals surface area contributed by atoms with Gasteiger partial charge in [-0.3, -0.25) is 0 Å². The SMILES string of the molecule is Cl.Fc1ccc(CNCc2ccc(-c3ccc(F)cc3)o2)cc1. The van der Waals surface area contributed by atoms with Crippen LogP contribution in [-0.2, 0) is 13.1 Å². The molecule has 120 valence electrons. The van der Waals surface area contributed by atoms with Crippen LogP contribution in [0.3, 0.4) is 0 Å². The molecule has 23 heavy (non-hydrogen) atoms. The molecule has 0 amide bonds. The summed E-state index contributed by atoms with van der Waals surface area (Å²) < 4.78 is 31.4. The molecule has 0 saturated heterocycles. The van der Waals surface area contributed by atoms with Crippen LogP contribution in [-0.4, -0.2) is 0 Å². The van der Waals surface area contributed by atoms with E-state index < -0.39 is 0 Å². The predicted octanol–water partition coefficient (Wildman–Crippen LogP) is 4.94. The molecule has 0 saturated carbocycles. The van der Waals surface area contributed by atoms with Gasteiger partial charge in [-0.1, -0.05) is 12.1 Å². The van der Waals surface area contributed by atoms with Crippen LogP contribution >= 0.6 is 12.4 Å². The zero-order chi connectivity index (χ0) is 15.4. The Morgan fingerprint density at radius 3 is 2.00 bits per heavy atom. The molecular formula is C18H16ClF2NO. The molecule has 0 unspecified atom stereocenters. The minimum Gasteiger partial charge on any atom is -0.460 e. The number of rotatable bonds is 5. The Balaban J connectivity index is 0.00000192. The van der Waals surface area contributed by atoms with E-state index >= 15 is 0 Å². The van der Waals surface area contributed by atoms with E-state index in [0.717, 1.165) is 16.9 Å². The zero-order valence-corrected chi connectivity index (χ0v) is 13.1. The Morgan fingerprint density at radius 1 is 0.739 bits per heavy atom. The minimum absolute atomic E-state index is 0. The van der Waals surface area contributed by atoms with Gasteiger partial charge in [0, 0.05) is 12.1 Å². The highest BCUT2D eigenvalue weighted by atomic mass is 35.5. The quantitative estimate of drug-likeness (QED) is 0.714. The summed E-state index contributed by atoms with van der Waals surface area (Å²) in [5.74, 6) is 0.996. The Morgan fingerprint density at radius 2 is 1.35 bits per heavy atom. The standard InChI is InChI=1S/C18H15F2NO.ClH/c19-15-5-1-13(2-6-15)11-21-12-17-9-10-18(22-17)14-3-7-16(20)8-4-14;/h1-10,21H,11-12H2;1H. The van der Waals surface area contributed by atoms with Crippen molar-refractivity contribution in [3.8, 4) is 11.3 Å². The first-order chi connectivity index (χ1) is 10.7. The van der Waals surface area contributed by atoms with Crippen molar-refractivity contribution in [3.05, 3.63) is 83.6 Å². The third-order valence-electron chi connectivity index (χ3n) is 3.33. The molecule has 0 radical (unpaired) electrons. The van der Waals surface area contributed by atoms with Crippen LogP contribution in [0.15, 0.2) is 65.1 Å². The van der Waals surface area contributed by atoms with E-state index in [1.807, 2.05) is 12.1 Å². The zero-order valence-electron chi connectivity index (χ0n) is 12.3.